The van der Waals surface area contributed by atoms with Gasteiger partial charge in [0.25, 0.3) is 13.4 Å². The zero-order chi connectivity index (χ0) is 111. The predicted molar refractivity (Wildman–Crippen MR) is 606 cm³/mol. The Labute approximate surface area is 869 Å². The maximum absolute atomic E-state index is 10.6. The molecule has 686 valence electrons. The minimum Gasteiger partial charge on any atom is -0.458 e. The number of nitrogens with zero attached hydrogens (tertiary/aromatic N) is 3. The van der Waals surface area contributed by atoms with Crippen molar-refractivity contribution in [3.05, 3.63) is 497 Å². The van der Waals surface area contributed by atoms with E-state index in [0.717, 1.165) is 162 Å². The van der Waals surface area contributed by atoms with E-state index >= 15 is 0 Å². The van der Waals surface area contributed by atoms with Crippen LogP contribution in [0, 0.1) is 0 Å². The third-order valence-electron chi connectivity index (χ3n) is 31.9. The molecule has 20 aromatic rings. The van der Waals surface area contributed by atoms with Crippen LogP contribution in [0.5, 0.6) is 11.5 Å². The number of para-hydroxylation sites is 2. The molecule has 4 heterocycles. The van der Waals surface area contributed by atoms with Crippen molar-refractivity contribution in [2.24, 2.45) is 0 Å². The highest BCUT2D eigenvalue weighted by Crippen LogP contribution is 2.68. The van der Waals surface area contributed by atoms with Gasteiger partial charge in [-0.05, 0) is 283 Å². The third kappa shape index (κ3) is 12.2. The molecule has 6 heteroatoms. The summed E-state index contributed by atoms with van der Waals surface area (Å²) in [5, 5.41) is 0. The van der Waals surface area contributed by atoms with Crippen LogP contribution in [0.2, 0.25) is 0 Å². The molecule has 28 rings (SSSR count). The van der Waals surface area contributed by atoms with Gasteiger partial charge in [0.2, 0.25) is 0 Å². The molecule has 4 nitrogen and oxygen atoms in total. The Balaban J connectivity index is 0.787. The molecule has 0 bridgehead atoms. The minimum absolute atomic E-state index is 0.00406. The molecular weight excluding hydrogens is 1740 g/mol. The van der Waals surface area contributed by atoms with Crippen LogP contribution in [0.3, 0.4) is 0 Å². The molecule has 144 heavy (non-hydrogen) atoms. The summed E-state index contributed by atoms with van der Waals surface area (Å²) in [7, 11) is 0. The number of ether oxygens (including phenoxy) is 1. The molecule has 0 unspecified atom stereocenters. The predicted octanol–water partition coefficient (Wildman–Crippen LogP) is 32.1. The summed E-state index contributed by atoms with van der Waals surface area (Å²) in [6.07, 6.45) is 0. The van der Waals surface area contributed by atoms with Crippen LogP contribution in [-0.4, -0.2) is 13.4 Å². The number of benzene rings is 20. The second-order valence-corrected chi connectivity index (χ2v) is 44.0. The average Bonchev–Trinajstić information content (AvgIpc) is 1.48. The van der Waals surface area contributed by atoms with E-state index in [4.69, 9.17) is 4.74 Å². The van der Waals surface area contributed by atoms with Crippen molar-refractivity contribution in [2.75, 3.05) is 14.7 Å². The molecule has 0 N–H and O–H groups in total. The van der Waals surface area contributed by atoms with E-state index < -0.39 is 113 Å². The second kappa shape index (κ2) is 31.1. The summed E-state index contributed by atoms with van der Waals surface area (Å²) in [5.41, 5.74) is 28.0. The molecule has 20 aromatic carbocycles. The summed E-state index contributed by atoms with van der Waals surface area (Å²) in [6, 6.07) is 111. The monoisotopic (exact) mass is 1860 g/mol. The first-order valence-corrected chi connectivity index (χ1v) is 50.1. The van der Waals surface area contributed by atoms with Gasteiger partial charge in [0.1, 0.15) is 11.5 Å². The second-order valence-electron chi connectivity index (χ2n) is 44.0. The number of hydrogen-bond donors (Lipinski definition) is 0. The van der Waals surface area contributed by atoms with Crippen LogP contribution >= 0.6 is 0 Å². The van der Waals surface area contributed by atoms with Gasteiger partial charge < -0.3 is 19.4 Å². The van der Waals surface area contributed by atoms with Crippen molar-refractivity contribution in [1.82, 2.24) is 0 Å². The van der Waals surface area contributed by atoms with Crippen molar-refractivity contribution < 1.29 is 26.7 Å². The van der Waals surface area contributed by atoms with Crippen molar-refractivity contribution in [3.8, 4) is 123 Å². The largest absolute Gasteiger partial charge is 0.458 e. The lowest BCUT2D eigenvalue weighted by Gasteiger charge is -2.46. The van der Waals surface area contributed by atoms with Gasteiger partial charge in [0, 0.05) is 68.1 Å². The molecule has 2 spiro atoms. The Morgan fingerprint density at radius 3 is 0.951 bits per heavy atom. The fourth-order valence-electron chi connectivity index (χ4n) is 25.4. The highest BCUT2D eigenvalue weighted by Gasteiger charge is 2.57. The first-order valence-electron chi connectivity index (χ1n) is 58.1. The maximum Gasteiger partial charge on any atom is 0.256 e. The lowest BCUT2D eigenvalue weighted by Crippen LogP contribution is -2.64. The van der Waals surface area contributed by atoms with Crippen LogP contribution in [-0.2, 0) is 32.5 Å². The van der Waals surface area contributed by atoms with Crippen molar-refractivity contribution in [1.29, 1.82) is 0 Å². The first-order chi connectivity index (χ1) is 76.6. The molecule has 0 aromatic heterocycles. The Morgan fingerprint density at radius 2 is 0.549 bits per heavy atom. The van der Waals surface area contributed by atoms with E-state index in [9.17, 15) is 21.9 Å². The Kier molecular flexibility index (Phi) is 15.2. The van der Waals surface area contributed by atoms with Crippen molar-refractivity contribution >= 4 is 97.4 Å². The molecule has 8 aliphatic rings. The quantitative estimate of drug-likeness (QED) is 0.134. The Hall–Kier alpha value is -16.3. The van der Waals surface area contributed by atoms with Crippen molar-refractivity contribution in [3.63, 3.8) is 0 Å². The lowest BCUT2D eigenvalue weighted by molar-refractivity contribution is 0.488. The van der Waals surface area contributed by atoms with Gasteiger partial charge in [-0.3, -0.25) is 0 Å². The Morgan fingerprint density at radius 1 is 0.222 bits per heavy atom. The summed E-state index contributed by atoms with van der Waals surface area (Å²) in [6.45, 7) is 25.8. The molecule has 0 saturated heterocycles. The molecule has 0 atom stereocenters. The third-order valence-corrected chi connectivity index (χ3v) is 31.9. The zero-order valence-electron chi connectivity index (χ0n) is 98.2. The van der Waals surface area contributed by atoms with Crippen LogP contribution < -0.4 is 52.2 Å². The zero-order valence-corrected chi connectivity index (χ0v) is 82.2. The summed E-state index contributed by atoms with van der Waals surface area (Å²) in [4.78, 5) is 7.43. The lowest BCUT2D eigenvalue weighted by atomic mass is 9.30. The first kappa shape index (κ1) is 70.4. The molecule has 0 amide bonds. The van der Waals surface area contributed by atoms with Crippen LogP contribution in [0.15, 0.2) is 430 Å². The molecule has 4 aliphatic heterocycles. The summed E-state index contributed by atoms with van der Waals surface area (Å²) < 4.78 is 169. The number of fused-ring (bicyclic) bond motifs is 28. The van der Waals surface area contributed by atoms with Gasteiger partial charge in [0.15, 0.2) is 0 Å². The number of hydrogen-bond acceptors (Lipinski definition) is 4. The molecular formula is C138H107B2N3O. The van der Waals surface area contributed by atoms with Crippen LogP contribution in [0.25, 0.3) is 111 Å². The molecule has 4 aliphatic carbocycles. The summed E-state index contributed by atoms with van der Waals surface area (Å²) in [5.74, 6) is 1.02. The smallest absolute Gasteiger partial charge is 0.256 e. The fourth-order valence-corrected chi connectivity index (χ4v) is 25.4. The number of rotatable bonds is 9. The van der Waals surface area contributed by atoms with E-state index in [1.54, 1.807) is 0 Å². The van der Waals surface area contributed by atoms with E-state index in [-0.39, 0.29) is 74.1 Å². The maximum atomic E-state index is 10.6. The van der Waals surface area contributed by atoms with Gasteiger partial charge in [-0.2, -0.15) is 0 Å². The van der Waals surface area contributed by atoms with Gasteiger partial charge in [0.05, 0.1) is 44.1 Å². The van der Waals surface area contributed by atoms with Gasteiger partial charge in [-0.25, -0.2) is 0 Å². The van der Waals surface area contributed by atoms with Crippen LogP contribution in [0.1, 0.15) is 172 Å². The fraction of sp³-hybridized carbons (Fsp3) is 0.130. The highest BCUT2D eigenvalue weighted by molar-refractivity contribution is 7.02. The molecule has 0 radical (unpaired) electrons. The van der Waals surface area contributed by atoms with Crippen LogP contribution in [0.4, 0.5) is 51.2 Å². The standard InChI is InChI=1S/C138H107B2N3O/c1-133(2,3)90-75-91(134(4,5)6)77-94(76-90)141-121-83-125-118(140-116-68-38-40-70-120(116)143(132-107(86-47-21-15-22-48-86)80-93(136(10,11)12)81-108(132)87-49-23-16-24-50-87)124-73-89(74-126(144-125)130(124)140)96-58-42-60-104-102-56-30-36-66-114(102)138(128(96)104)111-63-33-27-53-99(111)100-54-28-34-64-112(100)138)82-117(121)139-115-67-37-39-69-119(115)142(131-105(84-43-17-13-18-44-84)78-92(135(7,8)9)79-106(131)85-45-19-14-20-46-85)123-72-88(71-122(141)129(123)139)95-57-41-59-103-101-55-29-35-65-113(101)137(127(95)103)109-61-31-25-51-97(109)98-52-26-32-62-110(98)137/h13-83H,1-12H3/i25D,26D,27D,28D,31D,32D,33D,34D,51D,52D,53D,54D,61D,62D,63D,64D. The van der Waals surface area contributed by atoms with Gasteiger partial charge >= 0.3 is 0 Å². The Bertz CT molecular complexity index is 9630. The SMILES string of the molecule is [2H]c1c([2H])c([2H])c2c(c1[2H])-c1c([2H])c([2H])c([2H])c([2H])c1C21c2ccccc2-c2cccc(-c3cc4c5c(c3)N(c3c(-c6ccccc6)cc(C(C)(C)C)cc3-c3ccccc3)c3ccccc3B5c3cc5c(cc3O4)N(c3cc(C(C)(C)C)cc(C(C)(C)C)c3)c3cc(-c4cccc6c4C4(c7ccccc7-6)c6c([2H])c([2H])c([2H])c([2H])c6-c6c([2H])c([2H])c([2H])c([2H])c64)cc4c3B5c3ccccc3N4c3c(-c4ccccc4)cc(C(C)(C)C)cc3-c3ccccc3)c21. The summed E-state index contributed by atoms with van der Waals surface area (Å²) >= 11 is 0. The minimum atomic E-state index is -1.85. The average molecular weight is 1860 g/mol. The number of anilines is 9. The molecule has 0 saturated carbocycles. The molecule has 0 fully saturated rings. The van der Waals surface area contributed by atoms with E-state index in [1.807, 2.05) is 78.9 Å². The highest BCUT2D eigenvalue weighted by atomic mass is 16.5. The normalized spacial score (nSPS) is 15.9. The topological polar surface area (TPSA) is 19.0 Å². The van der Waals surface area contributed by atoms with E-state index in [1.165, 1.54) is 0 Å². The van der Waals surface area contributed by atoms with E-state index in [0.29, 0.717) is 67.1 Å². The van der Waals surface area contributed by atoms with Crippen molar-refractivity contribution in [2.45, 2.75) is 116 Å². The van der Waals surface area contributed by atoms with Gasteiger partial charge in [-0.1, -0.05) is 435 Å². The van der Waals surface area contributed by atoms with Gasteiger partial charge in [-0.15, -0.1) is 0 Å². The van der Waals surface area contributed by atoms with E-state index in [2.05, 4.69) is 353 Å².